The van der Waals surface area contributed by atoms with Crippen LogP contribution in [0.1, 0.15) is 28.4 Å². The van der Waals surface area contributed by atoms with Gasteiger partial charge in [0.15, 0.2) is 0 Å². The number of carbonyl (C=O) groups is 1. The predicted octanol–water partition coefficient (Wildman–Crippen LogP) is 2.56. The number of carbonyl (C=O) groups excluding carboxylic acids is 1. The second-order valence-electron chi connectivity index (χ2n) is 4.71. The van der Waals surface area contributed by atoms with E-state index in [1.54, 1.807) is 25.1 Å². The molecule has 0 atom stereocenters. The van der Waals surface area contributed by atoms with Gasteiger partial charge in [-0.25, -0.2) is 5.43 Å². The molecule has 5 nitrogen and oxygen atoms in total. The Balaban J connectivity index is 2.15. The highest BCUT2D eigenvalue weighted by Gasteiger charge is 2.08. The molecule has 0 spiro atoms. The van der Waals surface area contributed by atoms with Crippen molar-refractivity contribution in [3.05, 3.63) is 59.2 Å². The van der Waals surface area contributed by atoms with Crippen molar-refractivity contribution in [1.82, 2.24) is 5.43 Å². The molecule has 2 aromatic rings. The molecular formula is C16H16N2O3. The van der Waals surface area contributed by atoms with Crippen LogP contribution in [0.3, 0.4) is 0 Å². The number of hydrazone groups is 1. The monoisotopic (exact) mass is 284 g/mol. The number of hydrogen-bond acceptors (Lipinski definition) is 4. The van der Waals surface area contributed by atoms with Crippen LogP contribution in [-0.4, -0.2) is 21.8 Å². The van der Waals surface area contributed by atoms with Crippen molar-refractivity contribution >= 4 is 11.6 Å². The first-order chi connectivity index (χ1) is 9.97. The first kappa shape index (κ1) is 14.6. The van der Waals surface area contributed by atoms with Gasteiger partial charge in [-0.1, -0.05) is 17.7 Å². The molecule has 0 aromatic heterocycles. The van der Waals surface area contributed by atoms with Gasteiger partial charge in [0.1, 0.15) is 11.5 Å². The SMILES string of the molecule is C/C(=N/NC(=O)c1cccc(C)c1)c1ccc(O)cc1O. The minimum absolute atomic E-state index is 0.0344. The average Bonchev–Trinajstić information content (AvgIpc) is 2.44. The minimum atomic E-state index is -0.323. The molecule has 21 heavy (non-hydrogen) atoms. The molecule has 0 saturated heterocycles. The Morgan fingerprint density at radius 1 is 1.14 bits per heavy atom. The molecule has 5 heteroatoms. The van der Waals surface area contributed by atoms with Gasteiger partial charge in [0.25, 0.3) is 5.91 Å². The van der Waals surface area contributed by atoms with Crippen molar-refractivity contribution in [1.29, 1.82) is 0 Å². The van der Waals surface area contributed by atoms with Gasteiger partial charge in [0.2, 0.25) is 0 Å². The lowest BCUT2D eigenvalue weighted by Gasteiger charge is -2.06. The molecule has 0 aliphatic carbocycles. The van der Waals surface area contributed by atoms with Crippen LogP contribution in [0, 0.1) is 6.92 Å². The zero-order valence-electron chi connectivity index (χ0n) is 11.8. The van der Waals surface area contributed by atoms with Crippen LogP contribution in [-0.2, 0) is 0 Å². The topological polar surface area (TPSA) is 81.9 Å². The first-order valence-electron chi connectivity index (χ1n) is 6.41. The Bertz CT molecular complexity index is 708. The Morgan fingerprint density at radius 3 is 2.57 bits per heavy atom. The summed E-state index contributed by atoms with van der Waals surface area (Å²) in [7, 11) is 0. The molecular weight excluding hydrogens is 268 g/mol. The summed E-state index contributed by atoms with van der Waals surface area (Å²) in [5.41, 5.74) is 4.82. The molecule has 0 radical (unpaired) electrons. The van der Waals surface area contributed by atoms with Crippen LogP contribution in [0.15, 0.2) is 47.6 Å². The summed E-state index contributed by atoms with van der Waals surface area (Å²) in [6, 6.07) is 11.4. The van der Waals surface area contributed by atoms with Gasteiger partial charge < -0.3 is 10.2 Å². The molecule has 0 bridgehead atoms. The predicted molar refractivity (Wildman–Crippen MR) is 80.6 cm³/mol. The van der Waals surface area contributed by atoms with E-state index in [9.17, 15) is 15.0 Å². The van der Waals surface area contributed by atoms with Gasteiger partial charge >= 0.3 is 0 Å². The van der Waals surface area contributed by atoms with Crippen molar-refractivity contribution in [2.45, 2.75) is 13.8 Å². The van der Waals surface area contributed by atoms with Crippen molar-refractivity contribution in [3.63, 3.8) is 0 Å². The fourth-order valence-electron chi connectivity index (χ4n) is 1.87. The minimum Gasteiger partial charge on any atom is -0.508 e. The smallest absolute Gasteiger partial charge is 0.271 e. The lowest BCUT2D eigenvalue weighted by atomic mass is 10.1. The molecule has 3 N–H and O–H groups in total. The maximum atomic E-state index is 12.0. The van der Waals surface area contributed by atoms with E-state index in [4.69, 9.17) is 0 Å². The van der Waals surface area contributed by atoms with E-state index in [0.29, 0.717) is 16.8 Å². The van der Waals surface area contributed by atoms with Gasteiger partial charge in [-0.15, -0.1) is 0 Å². The summed E-state index contributed by atoms with van der Waals surface area (Å²) >= 11 is 0. The molecule has 0 aliphatic heterocycles. The zero-order chi connectivity index (χ0) is 15.4. The molecule has 2 rings (SSSR count). The number of aryl methyl sites for hydroxylation is 1. The summed E-state index contributed by atoms with van der Waals surface area (Å²) < 4.78 is 0. The first-order valence-corrected chi connectivity index (χ1v) is 6.41. The number of aromatic hydroxyl groups is 2. The highest BCUT2D eigenvalue weighted by molar-refractivity contribution is 6.02. The van der Waals surface area contributed by atoms with E-state index in [1.807, 2.05) is 13.0 Å². The third kappa shape index (κ3) is 3.60. The number of nitrogens with zero attached hydrogens (tertiary/aromatic N) is 1. The van der Waals surface area contributed by atoms with Gasteiger partial charge in [-0.05, 0) is 38.1 Å². The van der Waals surface area contributed by atoms with Gasteiger partial charge in [0, 0.05) is 17.2 Å². The Labute approximate surface area is 122 Å². The largest absolute Gasteiger partial charge is 0.508 e. The highest BCUT2D eigenvalue weighted by atomic mass is 16.3. The lowest BCUT2D eigenvalue weighted by molar-refractivity contribution is 0.0954. The van der Waals surface area contributed by atoms with E-state index in [1.165, 1.54) is 18.2 Å². The van der Waals surface area contributed by atoms with Crippen LogP contribution in [0.2, 0.25) is 0 Å². The number of hydrogen-bond donors (Lipinski definition) is 3. The van der Waals surface area contributed by atoms with E-state index in [0.717, 1.165) is 5.56 Å². The average molecular weight is 284 g/mol. The number of rotatable bonds is 3. The molecule has 1 amide bonds. The van der Waals surface area contributed by atoms with E-state index < -0.39 is 0 Å². The summed E-state index contributed by atoms with van der Waals surface area (Å²) in [6.45, 7) is 3.56. The molecule has 2 aromatic carbocycles. The number of benzene rings is 2. The number of phenolic OH excluding ortho intramolecular Hbond substituents is 2. The molecule has 0 aliphatic rings. The van der Waals surface area contributed by atoms with Gasteiger partial charge in [-0.3, -0.25) is 4.79 Å². The van der Waals surface area contributed by atoms with Crippen molar-refractivity contribution < 1.29 is 15.0 Å². The van der Waals surface area contributed by atoms with Gasteiger partial charge in [-0.2, -0.15) is 5.10 Å². The summed E-state index contributed by atoms with van der Waals surface area (Å²) in [4.78, 5) is 12.0. The Kier molecular flexibility index (Phi) is 4.23. The van der Waals surface area contributed by atoms with Crippen LogP contribution < -0.4 is 5.43 Å². The maximum absolute atomic E-state index is 12.0. The molecule has 0 unspecified atom stereocenters. The van der Waals surface area contributed by atoms with Crippen LogP contribution >= 0.6 is 0 Å². The third-order valence-corrected chi connectivity index (χ3v) is 2.98. The fraction of sp³-hybridized carbons (Fsp3) is 0.125. The molecule has 0 heterocycles. The number of nitrogens with one attached hydrogen (secondary N) is 1. The molecule has 108 valence electrons. The Morgan fingerprint density at radius 2 is 1.90 bits per heavy atom. The Hall–Kier alpha value is -2.82. The number of phenols is 2. The van der Waals surface area contributed by atoms with E-state index >= 15 is 0 Å². The van der Waals surface area contributed by atoms with Crippen molar-refractivity contribution in [2.24, 2.45) is 5.10 Å². The zero-order valence-corrected chi connectivity index (χ0v) is 11.8. The van der Waals surface area contributed by atoms with E-state index in [2.05, 4.69) is 10.5 Å². The van der Waals surface area contributed by atoms with Crippen LogP contribution in [0.4, 0.5) is 0 Å². The fourth-order valence-corrected chi connectivity index (χ4v) is 1.87. The second kappa shape index (κ2) is 6.09. The standard InChI is InChI=1S/C16H16N2O3/c1-10-4-3-5-12(8-10)16(21)18-17-11(2)14-7-6-13(19)9-15(14)20/h3-9,19-20H,1-2H3,(H,18,21)/b17-11-. The van der Waals surface area contributed by atoms with Crippen molar-refractivity contribution in [3.8, 4) is 11.5 Å². The quantitative estimate of drug-likeness (QED) is 0.598. The third-order valence-electron chi connectivity index (χ3n) is 2.98. The maximum Gasteiger partial charge on any atom is 0.271 e. The second-order valence-corrected chi connectivity index (χ2v) is 4.71. The van der Waals surface area contributed by atoms with Gasteiger partial charge in [0.05, 0.1) is 5.71 Å². The summed E-state index contributed by atoms with van der Waals surface area (Å²) in [6.07, 6.45) is 0. The van der Waals surface area contributed by atoms with Crippen molar-refractivity contribution in [2.75, 3.05) is 0 Å². The van der Waals surface area contributed by atoms with E-state index in [-0.39, 0.29) is 17.4 Å². The summed E-state index contributed by atoms with van der Waals surface area (Å²) in [5.74, 6) is -0.454. The highest BCUT2D eigenvalue weighted by Crippen LogP contribution is 2.22. The van der Waals surface area contributed by atoms with Crippen LogP contribution in [0.25, 0.3) is 0 Å². The molecule has 0 fully saturated rings. The summed E-state index contributed by atoms with van der Waals surface area (Å²) in [5, 5.41) is 22.9. The normalized spacial score (nSPS) is 11.2. The van der Waals surface area contributed by atoms with Crippen LogP contribution in [0.5, 0.6) is 11.5 Å². The molecule has 0 saturated carbocycles. The lowest BCUT2D eigenvalue weighted by Crippen LogP contribution is -2.19. The number of amides is 1.